The van der Waals surface area contributed by atoms with Crippen LogP contribution >= 0.6 is 0 Å². The third kappa shape index (κ3) is 11.8. The van der Waals surface area contributed by atoms with Crippen molar-refractivity contribution in [2.45, 2.75) is 206 Å². The van der Waals surface area contributed by atoms with E-state index in [2.05, 4.69) is 110 Å². The Bertz CT molecular complexity index is 1730. The molecule has 0 spiro atoms. The molecule has 2 aromatic carbocycles. The van der Waals surface area contributed by atoms with Crippen LogP contribution in [-0.2, 0) is 0 Å². The van der Waals surface area contributed by atoms with Crippen LogP contribution in [0.25, 0.3) is 0 Å². The summed E-state index contributed by atoms with van der Waals surface area (Å²) in [7, 11) is 0. The minimum Gasteiger partial charge on any atom is -0.490 e. The third-order valence-electron chi connectivity index (χ3n) is 14.3. The molecule has 1 aliphatic carbocycles. The van der Waals surface area contributed by atoms with Crippen LogP contribution in [0.5, 0.6) is 23.0 Å². The minimum absolute atomic E-state index is 0.0152. The lowest BCUT2D eigenvalue weighted by Gasteiger charge is -2.42. The first-order valence-electron chi connectivity index (χ1n) is 26.6. The summed E-state index contributed by atoms with van der Waals surface area (Å²) in [5.41, 5.74) is 8.13. The molecule has 7 heterocycles. The van der Waals surface area contributed by atoms with Gasteiger partial charge in [-0.3, -0.25) is 0 Å². The maximum absolute atomic E-state index is 6.83. The molecule has 4 unspecified atom stereocenters. The quantitative estimate of drug-likeness (QED) is 0.0362. The number of pyridine rings is 2. The summed E-state index contributed by atoms with van der Waals surface area (Å²) >= 11 is 0. The van der Waals surface area contributed by atoms with E-state index >= 15 is 0 Å². The van der Waals surface area contributed by atoms with Crippen molar-refractivity contribution in [3.8, 4) is 23.0 Å². The first kappa shape index (κ1) is 47.9. The topological polar surface area (TPSA) is 44.7 Å². The Hall–Kier alpha value is -4.06. The fraction of sp³-hybridized carbons (Fsp3) is 0.621. The van der Waals surface area contributed by atoms with Crippen molar-refractivity contribution in [3.63, 3.8) is 0 Å². The second kappa shape index (κ2) is 25.6. The Morgan fingerprint density at radius 3 is 0.938 bits per heavy atom. The van der Waals surface area contributed by atoms with Crippen molar-refractivity contribution in [1.82, 2.24) is 0 Å². The molecule has 6 nitrogen and oxygen atoms in total. The average Bonchev–Trinajstić information content (AvgIpc) is 3.31. The van der Waals surface area contributed by atoms with E-state index in [0.29, 0.717) is 26.4 Å². The molecular weight excluding hydrogens is 789 g/mol. The van der Waals surface area contributed by atoms with E-state index < -0.39 is 0 Å². The fourth-order valence-corrected chi connectivity index (χ4v) is 10.9. The molecule has 4 aromatic rings. The van der Waals surface area contributed by atoms with E-state index in [1.54, 1.807) is 0 Å². The number of rotatable bonds is 32. The molecule has 0 amide bonds. The normalized spacial score (nSPS) is 17.6. The van der Waals surface area contributed by atoms with Crippen molar-refractivity contribution in [2.75, 3.05) is 26.4 Å². The number of nitrogens with zero attached hydrogens (tertiary/aromatic N) is 2. The van der Waals surface area contributed by atoms with E-state index in [1.807, 2.05) is 0 Å². The summed E-state index contributed by atoms with van der Waals surface area (Å²) in [5.74, 6) is 3.71. The van der Waals surface area contributed by atoms with Crippen LogP contribution in [0.3, 0.4) is 0 Å². The van der Waals surface area contributed by atoms with Gasteiger partial charge in [-0.05, 0) is 61.1 Å². The lowest BCUT2D eigenvalue weighted by Crippen LogP contribution is -2.62. The Balaban J connectivity index is 1.27. The molecule has 64 heavy (non-hydrogen) atoms. The number of aromatic nitrogens is 2. The van der Waals surface area contributed by atoms with Crippen LogP contribution in [0.4, 0.5) is 0 Å². The summed E-state index contributed by atoms with van der Waals surface area (Å²) in [6.45, 7) is 12.0. The van der Waals surface area contributed by atoms with E-state index in [1.165, 1.54) is 162 Å². The zero-order valence-corrected chi connectivity index (χ0v) is 40.6. The minimum atomic E-state index is 0.0152. The van der Waals surface area contributed by atoms with Gasteiger partial charge in [-0.15, -0.1) is 0 Å². The number of unbranched alkanes of at least 4 members (excludes halogenated alkanes) is 20. The molecular formula is C58H84N2O4+2. The van der Waals surface area contributed by atoms with Crippen LogP contribution in [0.2, 0.25) is 0 Å². The molecule has 2 aromatic heterocycles. The Labute approximate surface area is 388 Å². The molecule has 348 valence electrons. The molecule has 0 saturated carbocycles. The van der Waals surface area contributed by atoms with Gasteiger partial charge in [0.05, 0.1) is 26.4 Å². The zero-order valence-electron chi connectivity index (χ0n) is 40.6. The average molecular weight is 873 g/mol. The highest BCUT2D eigenvalue weighted by atomic mass is 16.5. The van der Waals surface area contributed by atoms with Gasteiger partial charge in [-0.1, -0.05) is 168 Å². The van der Waals surface area contributed by atoms with Gasteiger partial charge in [-0.25, -0.2) is 0 Å². The summed E-state index contributed by atoms with van der Waals surface area (Å²) < 4.78 is 32.5. The van der Waals surface area contributed by atoms with E-state index in [9.17, 15) is 0 Å². The van der Waals surface area contributed by atoms with Gasteiger partial charge in [-0.2, -0.15) is 9.13 Å². The van der Waals surface area contributed by atoms with E-state index in [0.717, 1.165) is 48.7 Å². The summed E-state index contributed by atoms with van der Waals surface area (Å²) in [6.07, 6.45) is 34.4. The molecule has 5 aliphatic heterocycles. The van der Waals surface area contributed by atoms with Crippen molar-refractivity contribution >= 4 is 0 Å². The molecule has 10 rings (SSSR count). The lowest BCUT2D eigenvalue weighted by atomic mass is 9.65. The maximum Gasteiger partial charge on any atom is 0.201 e. The van der Waals surface area contributed by atoms with Gasteiger partial charge in [0.15, 0.2) is 46.8 Å². The van der Waals surface area contributed by atoms with Crippen molar-refractivity contribution in [2.24, 2.45) is 0 Å². The van der Waals surface area contributed by atoms with Crippen LogP contribution < -0.4 is 28.1 Å². The number of hydrogen-bond acceptors (Lipinski definition) is 4. The summed E-state index contributed by atoms with van der Waals surface area (Å²) in [4.78, 5) is 0. The second-order valence-corrected chi connectivity index (χ2v) is 19.2. The van der Waals surface area contributed by atoms with E-state index in [-0.39, 0.29) is 23.9 Å². The second-order valence-electron chi connectivity index (χ2n) is 19.2. The molecule has 0 radical (unpaired) electrons. The first-order chi connectivity index (χ1) is 31.7. The van der Waals surface area contributed by atoms with Gasteiger partial charge >= 0.3 is 0 Å². The molecule has 6 heteroatoms. The van der Waals surface area contributed by atoms with Crippen LogP contribution in [0, 0.1) is 0 Å². The molecule has 6 aliphatic rings. The smallest absolute Gasteiger partial charge is 0.201 e. The monoisotopic (exact) mass is 873 g/mol. The maximum atomic E-state index is 6.83. The highest BCUT2D eigenvalue weighted by Gasteiger charge is 2.59. The lowest BCUT2D eigenvalue weighted by molar-refractivity contribution is -0.769. The Morgan fingerprint density at radius 1 is 0.344 bits per heavy atom. The van der Waals surface area contributed by atoms with Gasteiger partial charge in [0.1, 0.15) is 11.8 Å². The predicted octanol–water partition coefficient (Wildman–Crippen LogP) is 15.0. The summed E-state index contributed by atoms with van der Waals surface area (Å²) in [5, 5.41) is 0. The number of ether oxygens (including phenoxy) is 4. The van der Waals surface area contributed by atoms with Crippen LogP contribution in [0.15, 0.2) is 73.1 Å². The first-order valence-corrected chi connectivity index (χ1v) is 26.6. The summed E-state index contributed by atoms with van der Waals surface area (Å²) in [6, 6.07) is 23.3. The van der Waals surface area contributed by atoms with E-state index in [4.69, 9.17) is 18.9 Å². The highest BCUT2D eigenvalue weighted by molar-refractivity contribution is 5.59. The molecule has 0 N–H and O–H groups in total. The van der Waals surface area contributed by atoms with Crippen molar-refractivity contribution in [3.05, 3.63) is 107 Å². The van der Waals surface area contributed by atoms with Crippen LogP contribution in [0.1, 0.15) is 239 Å². The SMILES string of the molecule is CCCCCCCCOc1cc2c(cc1OCCCCCCCC)C1C3c4cc(OCCCCCCCC)c(OCCCCCCCC)cc4C(C2c2cccc[n+]21)[n+]1ccccc13. The molecule has 4 atom stereocenters. The largest absolute Gasteiger partial charge is 0.490 e. The molecule has 4 bridgehead atoms. The standard InChI is InChI=1S/C58H84N2O4/c1-5-9-13-17-21-29-37-61-51-41-45-47(43-53(51)63-39-31-23-19-15-11-7-3)57-56-46-42-52(62-38-30-22-18-14-10-6-2)54(64-40-32-24-20-16-12-8-4)44-48(46)58(60-36-28-26-34-50(56)60)55(45)49-33-25-27-35-59(49)57/h25-28,33-36,41-44,55-58H,5-24,29-32,37-40H2,1-4H3/q+2. The molecule has 0 saturated heterocycles. The van der Waals surface area contributed by atoms with Crippen molar-refractivity contribution in [1.29, 1.82) is 0 Å². The Kier molecular flexibility index (Phi) is 19.1. The van der Waals surface area contributed by atoms with Gasteiger partial charge < -0.3 is 18.9 Å². The number of hydrogen-bond donors (Lipinski definition) is 0. The third-order valence-corrected chi connectivity index (χ3v) is 14.3. The van der Waals surface area contributed by atoms with Crippen molar-refractivity contribution < 1.29 is 28.1 Å². The van der Waals surface area contributed by atoms with Crippen LogP contribution in [-0.4, -0.2) is 26.4 Å². The predicted molar refractivity (Wildman–Crippen MR) is 262 cm³/mol. The van der Waals surface area contributed by atoms with Gasteiger partial charge in [0.2, 0.25) is 12.1 Å². The van der Waals surface area contributed by atoms with Gasteiger partial charge in [0.25, 0.3) is 0 Å². The fourth-order valence-electron chi connectivity index (χ4n) is 10.9. The molecule has 0 fully saturated rings. The number of benzene rings is 2. The highest BCUT2D eigenvalue weighted by Crippen LogP contribution is 2.57. The Morgan fingerprint density at radius 2 is 0.625 bits per heavy atom. The van der Waals surface area contributed by atoms with Gasteiger partial charge in [0, 0.05) is 35.4 Å². The zero-order chi connectivity index (χ0) is 44.4.